The molecule has 2 aliphatic rings. The number of halogens is 4. The smallest absolute Gasteiger partial charge is 0.122 e. The van der Waals surface area contributed by atoms with Crippen LogP contribution < -0.4 is 10.6 Å². The number of hydrogen-bond acceptors (Lipinski definition) is 5. The lowest BCUT2D eigenvalue weighted by molar-refractivity contribution is 0.0998. The molecule has 1 spiro atoms. The Labute approximate surface area is 249 Å². The molecule has 2 aliphatic heterocycles. The molecule has 3 unspecified atom stereocenters. The zero-order valence-electron chi connectivity index (χ0n) is 21.4. The molecule has 1 saturated heterocycles. The predicted molar refractivity (Wildman–Crippen MR) is 162 cm³/mol. The number of nitrogens with zero attached hydrogens (tertiary/aromatic N) is 1. The summed E-state index contributed by atoms with van der Waals surface area (Å²) in [6, 6.07) is 19.1. The average molecular weight is 607 g/mol. The summed E-state index contributed by atoms with van der Waals surface area (Å²) in [6.45, 7) is 2.41. The zero-order chi connectivity index (χ0) is 27.4. The molecular weight excluding hydrogens is 576 g/mol. The third kappa shape index (κ3) is 6.40. The van der Waals surface area contributed by atoms with Crippen molar-refractivity contribution < 1.29 is 4.74 Å². The van der Waals surface area contributed by atoms with Crippen molar-refractivity contribution in [3.8, 4) is 0 Å². The van der Waals surface area contributed by atoms with Gasteiger partial charge in [-0.3, -0.25) is 0 Å². The Balaban J connectivity index is 1.35. The molecule has 1 fully saturated rings. The van der Waals surface area contributed by atoms with Crippen molar-refractivity contribution in [3.05, 3.63) is 102 Å². The summed E-state index contributed by atoms with van der Waals surface area (Å²) in [7, 11) is 0. The highest BCUT2D eigenvalue weighted by molar-refractivity contribution is 6.42. The number of hydrogen-bond donors (Lipinski definition) is 2. The first-order chi connectivity index (χ1) is 18.9. The Kier molecular flexibility index (Phi) is 9.38. The van der Waals surface area contributed by atoms with Gasteiger partial charge in [-0.1, -0.05) is 75.8 Å². The van der Waals surface area contributed by atoms with Gasteiger partial charge in [0.15, 0.2) is 0 Å². The topological polar surface area (TPSA) is 62.7 Å². The molecule has 9 heteroatoms. The van der Waals surface area contributed by atoms with Gasteiger partial charge in [0, 0.05) is 33.1 Å². The van der Waals surface area contributed by atoms with Gasteiger partial charge in [0.05, 0.1) is 23.3 Å². The Morgan fingerprint density at radius 2 is 1.69 bits per heavy atom. The molecule has 2 heterocycles. The first-order valence-electron chi connectivity index (χ1n) is 13.3. The van der Waals surface area contributed by atoms with Crippen LogP contribution in [0.1, 0.15) is 48.3 Å². The SMILES string of the molecule is O=NC(COCc1cc(Cl)cc(Cl)c1)C(CCC1Nc2ccccc2C12CCNCC2)c1ccc(Cl)c(Cl)c1. The highest BCUT2D eigenvalue weighted by Crippen LogP contribution is 2.49. The lowest BCUT2D eigenvalue weighted by Crippen LogP contribution is -2.47. The highest BCUT2D eigenvalue weighted by atomic mass is 35.5. The van der Waals surface area contributed by atoms with Crippen molar-refractivity contribution in [2.45, 2.75) is 55.7 Å². The Morgan fingerprint density at radius 3 is 2.41 bits per heavy atom. The van der Waals surface area contributed by atoms with E-state index in [9.17, 15) is 4.91 Å². The van der Waals surface area contributed by atoms with Crippen LogP contribution in [0.5, 0.6) is 0 Å². The molecule has 0 radical (unpaired) electrons. The summed E-state index contributed by atoms with van der Waals surface area (Å²) in [5, 5.41) is 12.9. The predicted octanol–water partition coefficient (Wildman–Crippen LogP) is 8.63. The van der Waals surface area contributed by atoms with E-state index < -0.39 is 6.04 Å². The third-order valence-corrected chi connectivity index (χ3v) is 9.35. The van der Waals surface area contributed by atoms with Gasteiger partial charge in [0.25, 0.3) is 0 Å². The van der Waals surface area contributed by atoms with Gasteiger partial charge >= 0.3 is 0 Å². The summed E-state index contributed by atoms with van der Waals surface area (Å²) in [5.41, 5.74) is 4.44. The standard InChI is InChI=1S/C30H31Cl4N3O2/c31-21-13-19(14-22(32)16-21)17-39-18-28(37-38)23(20-5-7-25(33)26(34)15-20)6-8-29-30(9-11-35-12-10-30)24-3-1-2-4-27(24)36-29/h1-5,7,13-16,23,28-29,35-36H,6,8-12,17-18H2. The van der Waals surface area contributed by atoms with Gasteiger partial charge in [-0.15, -0.1) is 0 Å². The molecule has 3 aromatic carbocycles. The maximum Gasteiger partial charge on any atom is 0.122 e. The fraction of sp³-hybridized carbons (Fsp3) is 0.400. The number of para-hydroxylation sites is 1. The number of nitrogens with one attached hydrogen (secondary N) is 2. The summed E-state index contributed by atoms with van der Waals surface area (Å²) in [6.07, 6.45) is 3.75. The summed E-state index contributed by atoms with van der Waals surface area (Å²) in [4.78, 5) is 12.2. The number of anilines is 1. The highest BCUT2D eigenvalue weighted by Gasteiger charge is 2.47. The van der Waals surface area contributed by atoms with E-state index in [-0.39, 0.29) is 30.6 Å². The molecule has 0 saturated carbocycles. The van der Waals surface area contributed by atoms with E-state index in [4.69, 9.17) is 51.1 Å². The first-order valence-corrected chi connectivity index (χ1v) is 14.8. The fourth-order valence-electron chi connectivity index (χ4n) is 6.28. The van der Waals surface area contributed by atoms with Gasteiger partial charge in [0.2, 0.25) is 0 Å². The maximum absolute atomic E-state index is 12.2. The van der Waals surface area contributed by atoms with Crippen LogP contribution in [-0.2, 0) is 16.8 Å². The van der Waals surface area contributed by atoms with E-state index in [1.807, 2.05) is 12.1 Å². The number of piperidine rings is 1. The van der Waals surface area contributed by atoms with Crippen molar-refractivity contribution in [1.82, 2.24) is 5.32 Å². The second-order valence-corrected chi connectivity index (χ2v) is 12.2. The summed E-state index contributed by atoms with van der Waals surface area (Å²) >= 11 is 24.9. The minimum absolute atomic E-state index is 0.0660. The zero-order valence-corrected chi connectivity index (χ0v) is 24.5. The van der Waals surface area contributed by atoms with E-state index in [0.29, 0.717) is 20.1 Å². The van der Waals surface area contributed by atoms with Gasteiger partial charge in [-0.25, -0.2) is 0 Å². The van der Waals surface area contributed by atoms with E-state index >= 15 is 0 Å². The molecule has 39 heavy (non-hydrogen) atoms. The van der Waals surface area contributed by atoms with Crippen molar-refractivity contribution >= 4 is 52.1 Å². The minimum atomic E-state index is -0.607. The molecule has 3 aromatic rings. The van der Waals surface area contributed by atoms with E-state index in [0.717, 1.165) is 49.9 Å². The first kappa shape index (κ1) is 28.7. The van der Waals surface area contributed by atoms with Crippen LogP contribution in [0.4, 0.5) is 5.69 Å². The number of rotatable bonds is 10. The lowest BCUT2D eigenvalue weighted by atomic mass is 9.68. The largest absolute Gasteiger partial charge is 0.381 e. The maximum atomic E-state index is 12.2. The molecule has 0 amide bonds. The van der Waals surface area contributed by atoms with E-state index in [2.05, 4.69) is 40.1 Å². The Morgan fingerprint density at radius 1 is 0.949 bits per heavy atom. The van der Waals surface area contributed by atoms with Crippen LogP contribution in [0.25, 0.3) is 0 Å². The Hall–Kier alpha value is -1.86. The molecule has 0 bridgehead atoms. The molecule has 2 N–H and O–H groups in total. The lowest BCUT2D eigenvalue weighted by Gasteiger charge is -2.40. The van der Waals surface area contributed by atoms with Crippen LogP contribution in [0.3, 0.4) is 0 Å². The van der Waals surface area contributed by atoms with Crippen molar-refractivity contribution in [2.24, 2.45) is 5.18 Å². The molecule has 206 valence electrons. The minimum Gasteiger partial charge on any atom is -0.381 e. The number of benzene rings is 3. The number of fused-ring (bicyclic) bond motifs is 2. The monoisotopic (exact) mass is 605 g/mol. The molecular formula is C30H31Cl4N3O2. The second-order valence-electron chi connectivity index (χ2n) is 10.5. The van der Waals surface area contributed by atoms with Gasteiger partial charge < -0.3 is 15.4 Å². The molecule has 0 aliphatic carbocycles. The van der Waals surface area contributed by atoms with E-state index in [1.54, 1.807) is 24.3 Å². The van der Waals surface area contributed by atoms with Crippen LogP contribution in [-0.4, -0.2) is 31.8 Å². The Bertz CT molecular complexity index is 1290. The molecule has 5 rings (SSSR count). The van der Waals surface area contributed by atoms with Crippen LogP contribution in [0.2, 0.25) is 20.1 Å². The molecule has 3 atom stereocenters. The van der Waals surface area contributed by atoms with Crippen molar-refractivity contribution in [3.63, 3.8) is 0 Å². The van der Waals surface area contributed by atoms with Gasteiger partial charge in [-0.05, 0) is 91.9 Å². The fourth-order valence-corrected chi connectivity index (χ4v) is 7.16. The number of ether oxygens (including phenoxy) is 1. The normalized spacial score (nSPS) is 19.3. The van der Waals surface area contributed by atoms with Crippen LogP contribution >= 0.6 is 46.4 Å². The van der Waals surface area contributed by atoms with Crippen molar-refractivity contribution in [2.75, 3.05) is 25.0 Å². The molecule has 0 aromatic heterocycles. The summed E-state index contributed by atoms with van der Waals surface area (Å²) in [5.74, 6) is -0.190. The number of nitroso groups, excluding NO2 is 1. The van der Waals surface area contributed by atoms with Gasteiger partial charge in [0.1, 0.15) is 6.04 Å². The third-order valence-electron chi connectivity index (χ3n) is 8.17. The molecule has 5 nitrogen and oxygen atoms in total. The van der Waals surface area contributed by atoms with Crippen LogP contribution in [0, 0.1) is 4.91 Å². The van der Waals surface area contributed by atoms with E-state index in [1.165, 1.54) is 11.3 Å². The summed E-state index contributed by atoms with van der Waals surface area (Å²) < 4.78 is 5.98. The average Bonchev–Trinajstić information content (AvgIpc) is 3.21. The second kappa shape index (κ2) is 12.8. The van der Waals surface area contributed by atoms with Gasteiger partial charge in [-0.2, -0.15) is 4.91 Å². The van der Waals surface area contributed by atoms with Crippen molar-refractivity contribution in [1.29, 1.82) is 0 Å². The quantitative estimate of drug-likeness (QED) is 0.227. The van der Waals surface area contributed by atoms with Crippen LogP contribution in [0.15, 0.2) is 65.8 Å².